The molecule has 1 aromatic rings. The average molecular weight is 424 g/mol. The number of aryl methyl sites for hydroxylation is 2. The summed E-state index contributed by atoms with van der Waals surface area (Å²) in [5, 5.41) is 10.1. The van der Waals surface area contributed by atoms with Crippen LogP contribution in [0.2, 0.25) is 0 Å². The molecule has 1 aromatic heterocycles. The Kier molecular flexibility index (Phi) is 12.0. The first-order valence-electron chi connectivity index (χ1n) is 7.55. The lowest BCUT2D eigenvalue weighted by molar-refractivity contribution is 0.481. The van der Waals surface area contributed by atoms with E-state index in [1.165, 1.54) is 17.8 Å². The third kappa shape index (κ3) is 8.60. The van der Waals surface area contributed by atoms with Crippen molar-refractivity contribution < 1.29 is 0 Å². The fourth-order valence-electron chi connectivity index (χ4n) is 2.00. The number of halogens is 1. The molecule has 4 nitrogen and oxygen atoms in total. The van der Waals surface area contributed by atoms with E-state index in [4.69, 9.17) is 0 Å². The van der Waals surface area contributed by atoms with Crippen molar-refractivity contribution in [2.45, 2.75) is 46.5 Å². The van der Waals surface area contributed by atoms with Gasteiger partial charge in [0.15, 0.2) is 5.96 Å². The molecule has 1 rings (SSSR count). The van der Waals surface area contributed by atoms with Gasteiger partial charge in [-0.15, -0.1) is 35.3 Å². The van der Waals surface area contributed by atoms with E-state index in [-0.39, 0.29) is 24.0 Å². The number of aliphatic imine (C=N–C) groups is 1. The van der Waals surface area contributed by atoms with Crippen LogP contribution >= 0.6 is 35.3 Å². The molecule has 0 aliphatic heterocycles. The van der Waals surface area contributed by atoms with Crippen LogP contribution in [0.1, 0.15) is 43.8 Å². The van der Waals surface area contributed by atoms with Crippen LogP contribution in [0.3, 0.4) is 0 Å². The Labute approximate surface area is 150 Å². The summed E-state index contributed by atoms with van der Waals surface area (Å²) in [5.74, 6) is 1.64. The summed E-state index contributed by atoms with van der Waals surface area (Å²) >= 11 is 1.75. The molecule has 1 heterocycles. The van der Waals surface area contributed by atoms with Crippen LogP contribution in [0.4, 0.5) is 0 Å². The molecule has 0 bridgehead atoms. The van der Waals surface area contributed by atoms with E-state index in [2.05, 4.69) is 39.8 Å². The molecule has 0 fully saturated rings. The topological polar surface area (TPSA) is 49.3 Å². The summed E-state index contributed by atoms with van der Waals surface area (Å²) in [4.78, 5) is 8.73. The second kappa shape index (κ2) is 12.2. The Morgan fingerprint density at radius 2 is 2.05 bits per heavy atom. The third-order valence-corrected chi connectivity index (χ3v) is 4.49. The number of aromatic nitrogens is 1. The van der Waals surface area contributed by atoms with Crippen LogP contribution in [0.25, 0.3) is 0 Å². The van der Waals surface area contributed by atoms with Gasteiger partial charge in [-0.2, -0.15) is 0 Å². The van der Waals surface area contributed by atoms with E-state index in [0.717, 1.165) is 43.5 Å². The molecule has 0 amide bonds. The van der Waals surface area contributed by atoms with Gasteiger partial charge in [0.2, 0.25) is 0 Å². The van der Waals surface area contributed by atoms with Gasteiger partial charge in [-0.25, -0.2) is 4.98 Å². The molecular formula is C15H29IN4S. The second-order valence-electron chi connectivity index (χ2n) is 5.05. The van der Waals surface area contributed by atoms with Crippen LogP contribution < -0.4 is 10.6 Å². The lowest BCUT2D eigenvalue weighted by Gasteiger charge is -2.16. The van der Waals surface area contributed by atoms with E-state index >= 15 is 0 Å². The van der Waals surface area contributed by atoms with Crippen LogP contribution in [0.15, 0.2) is 10.4 Å². The summed E-state index contributed by atoms with van der Waals surface area (Å²) in [6, 6.07) is 0. The van der Waals surface area contributed by atoms with Crippen molar-refractivity contribution in [1.82, 2.24) is 15.6 Å². The van der Waals surface area contributed by atoms with Crippen molar-refractivity contribution in [3.05, 3.63) is 16.1 Å². The number of hydrogen-bond donors (Lipinski definition) is 2. The fourth-order valence-corrected chi connectivity index (χ4v) is 2.82. The molecule has 0 unspecified atom stereocenters. The summed E-state index contributed by atoms with van der Waals surface area (Å²) in [6.07, 6.45) is 4.54. The highest BCUT2D eigenvalue weighted by molar-refractivity contribution is 14.0. The maximum absolute atomic E-state index is 4.47. The molecule has 0 atom stereocenters. The zero-order chi connectivity index (χ0) is 14.8. The monoisotopic (exact) mass is 424 g/mol. The number of nitrogens with one attached hydrogen (secondary N) is 2. The van der Waals surface area contributed by atoms with Gasteiger partial charge in [0.25, 0.3) is 0 Å². The van der Waals surface area contributed by atoms with E-state index < -0.39 is 0 Å². The Bertz CT molecular complexity index is 402. The zero-order valence-electron chi connectivity index (χ0n) is 13.6. The Hall–Kier alpha value is -0.370. The summed E-state index contributed by atoms with van der Waals surface area (Å²) in [5.41, 5.74) is 1.13. The lowest BCUT2D eigenvalue weighted by Crippen LogP contribution is -2.40. The number of nitrogens with zero attached hydrogens (tertiary/aromatic N) is 2. The Balaban J connectivity index is 0.00000400. The van der Waals surface area contributed by atoms with Gasteiger partial charge >= 0.3 is 0 Å². The highest BCUT2D eigenvalue weighted by Gasteiger charge is 2.04. The third-order valence-electron chi connectivity index (χ3n) is 3.46. The molecule has 0 saturated carbocycles. The SMILES string of the molecule is CCC(CC)CNC(=NC)NCCCc1nc(C)cs1.I. The minimum absolute atomic E-state index is 0. The van der Waals surface area contributed by atoms with Crippen molar-refractivity contribution >= 4 is 41.3 Å². The average Bonchev–Trinajstić information content (AvgIpc) is 2.87. The molecule has 0 aliphatic rings. The molecule has 0 spiro atoms. The summed E-state index contributed by atoms with van der Waals surface area (Å²) in [7, 11) is 1.83. The quantitative estimate of drug-likeness (QED) is 0.290. The molecule has 0 saturated heterocycles. The molecular weight excluding hydrogens is 395 g/mol. The van der Waals surface area contributed by atoms with Gasteiger partial charge in [0.1, 0.15) is 0 Å². The number of rotatable bonds is 8. The van der Waals surface area contributed by atoms with Gasteiger partial charge in [0.05, 0.1) is 5.01 Å². The van der Waals surface area contributed by atoms with Crippen LogP contribution in [-0.4, -0.2) is 31.1 Å². The number of thiazole rings is 1. The summed E-state index contributed by atoms with van der Waals surface area (Å²) < 4.78 is 0. The van der Waals surface area contributed by atoms with E-state index in [1.807, 2.05) is 14.0 Å². The Morgan fingerprint density at radius 3 is 2.57 bits per heavy atom. The first-order valence-corrected chi connectivity index (χ1v) is 8.43. The summed E-state index contributed by atoms with van der Waals surface area (Å²) in [6.45, 7) is 8.45. The van der Waals surface area contributed by atoms with Gasteiger partial charge in [-0.05, 0) is 19.3 Å². The fraction of sp³-hybridized carbons (Fsp3) is 0.733. The normalized spacial score (nSPS) is 11.4. The van der Waals surface area contributed by atoms with Crippen molar-refractivity contribution in [3.8, 4) is 0 Å². The van der Waals surface area contributed by atoms with E-state index in [1.54, 1.807) is 11.3 Å². The minimum atomic E-state index is 0. The molecule has 21 heavy (non-hydrogen) atoms. The molecule has 0 aromatic carbocycles. The van der Waals surface area contributed by atoms with E-state index in [9.17, 15) is 0 Å². The predicted molar refractivity (Wildman–Crippen MR) is 104 cm³/mol. The van der Waals surface area contributed by atoms with Gasteiger partial charge in [-0.3, -0.25) is 4.99 Å². The van der Waals surface area contributed by atoms with Gasteiger partial charge in [0, 0.05) is 37.6 Å². The minimum Gasteiger partial charge on any atom is -0.356 e. The Morgan fingerprint density at radius 1 is 1.33 bits per heavy atom. The standard InChI is InChI=1S/C15H28N4S.HI/c1-5-13(6-2)10-18-15(16-4)17-9-7-8-14-19-12(3)11-20-14;/h11,13H,5-10H2,1-4H3,(H2,16,17,18);1H. The second-order valence-corrected chi connectivity index (χ2v) is 5.99. The van der Waals surface area contributed by atoms with Gasteiger partial charge in [-0.1, -0.05) is 26.7 Å². The maximum Gasteiger partial charge on any atom is 0.190 e. The van der Waals surface area contributed by atoms with Crippen molar-refractivity contribution in [3.63, 3.8) is 0 Å². The van der Waals surface area contributed by atoms with Crippen molar-refractivity contribution in [2.24, 2.45) is 10.9 Å². The van der Waals surface area contributed by atoms with Crippen LogP contribution in [0.5, 0.6) is 0 Å². The first-order chi connectivity index (χ1) is 9.69. The molecule has 2 N–H and O–H groups in total. The van der Waals surface area contributed by atoms with Crippen LogP contribution in [-0.2, 0) is 6.42 Å². The highest BCUT2D eigenvalue weighted by Crippen LogP contribution is 2.10. The number of hydrogen-bond acceptors (Lipinski definition) is 3. The van der Waals surface area contributed by atoms with Crippen LogP contribution in [0, 0.1) is 12.8 Å². The zero-order valence-corrected chi connectivity index (χ0v) is 16.8. The van der Waals surface area contributed by atoms with Crippen molar-refractivity contribution in [2.75, 3.05) is 20.1 Å². The largest absolute Gasteiger partial charge is 0.356 e. The maximum atomic E-state index is 4.47. The van der Waals surface area contributed by atoms with Gasteiger partial charge < -0.3 is 10.6 Å². The predicted octanol–water partition coefficient (Wildman–Crippen LogP) is 3.60. The van der Waals surface area contributed by atoms with Crippen molar-refractivity contribution in [1.29, 1.82) is 0 Å². The first kappa shape index (κ1) is 20.6. The smallest absolute Gasteiger partial charge is 0.190 e. The molecule has 122 valence electrons. The van der Waals surface area contributed by atoms with E-state index in [0.29, 0.717) is 0 Å². The molecule has 0 radical (unpaired) electrons. The lowest BCUT2D eigenvalue weighted by atomic mass is 10.0. The molecule has 6 heteroatoms. The molecule has 0 aliphatic carbocycles. The number of guanidine groups is 1. The highest BCUT2D eigenvalue weighted by atomic mass is 127.